The van der Waals surface area contributed by atoms with E-state index in [0.717, 1.165) is 38.2 Å². The van der Waals surface area contributed by atoms with Crippen molar-refractivity contribution in [1.29, 1.82) is 5.41 Å². The number of aromatic nitrogens is 3. The summed E-state index contributed by atoms with van der Waals surface area (Å²) in [6, 6.07) is 0. The molecule has 0 radical (unpaired) electrons. The number of benzene rings is 1. The molecule has 1 aliphatic carbocycles. The summed E-state index contributed by atoms with van der Waals surface area (Å²) in [7, 11) is 1.69. The number of fused-ring (bicyclic) bond motifs is 8. The quantitative estimate of drug-likeness (QED) is 0.658. The zero-order valence-corrected chi connectivity index (χ0v) is 12.9. The molecule has 3 heterocycles. The molecule has 0 saturated carbocycles. The maximum atomic E-state index is 8.61. The third kappa shape index (κ3) is 1.30. The molecule has 2 aromatic heterocycles. The number of nitrogens with zero attached hydrogens (tertiary/aromatic N) is 4. The van der Waals surface area contributed by atoms with E-state index < -0.39 is 0 Å². The number of aliphatic imine (C=N–C) groups is 1. The summed E-state index contributed by atoms with van der Waals surface area (Å²) >= 11 is 3.19. The van der Waals surface area contributed by atoms with Crippen LogP contribution in [0.15, 0.2) is 20.0 Å². The first-order valence-corrected chi connectivity index (χ1v) is 8.37. The topological polar surface area (TPSA) is 100 Å². The molecule has 2 N–H and O–H groups in total. The lowest BCUT2D eigenvalue weighted by molar-refractivity contribution is 0.315. The van der Waals surface area contributed by atoms with Crippen LogP contribution in [-0.2, 0) is 0 Å². The Labute approximate surface area is 132 Å². The van der Waals surface area contributed by atoms with Crippen molar-refractivity contribution >= 4 is 51.2 Å². The highest BCUT2D eigenvalue weighted by Gasteiger charge is 2.36. The molecule has 22 heavy (non-hydrogen) atoms. The molecular weight excluding hydrogens is 320 g/mol. The highest BCUT2D eigenvalue weighted by molar-refractivity contribution is 8.00. The van der Waals surface area contributed by atoms with E-state index in [1.165, 1.54) is 11.3 Å². The van der Waals surface area contributed by atoms with E-state index in [-0.39, 0.29) is 0 Å². The first-order valence-electron chi connectivity index (χ1n) is 6.50. The van der Waals surface area contributed by atoms with Gasteiger partial charge in [0.25, 0.3) is 0 Å². The molecule has 0 saturated heterocycles. The molecule has 1 aliphatic heterocycles. The Morgan fingerprint density at radius 1 is 1.32 bits per heavy atom. The van der Waals surface area contributed by atoms with Gasteiger partial charge in [-0.05, 0) is 10.3 Å². The van der Waals surface area contributed by atoms with Crippen LogP contribution in [0.25, 0.3) is 21.5 Å². The molecule has 9 heteroatoms. The van der Waals surface area contributed by atoms with Gasteiger partial charge >= 0.3 is 0 Å². The van der Waals surface area contributed by atoms with Crippen molar-refractivity contribution in [3.63, 3.8) is 0 Å². The molecule has 1 aromatic carbocycles. The molecule has 7 nitrogen and oxygen atoms in total. The number of hydrogen-bond donors (Lipinski definition) is 2. The van der Waals surface area contributed by atoms with Crippen LogP contribution in [0, 0.1) is 5.41 Å². The Bertz CT molecular complexity index is 1000. The molecule has 108 valence electrons. The zero-order chi connectivity index (χ0) is 14.8. The van der Waals surface area contributed by atoms with Crippen LogP contribution in [-0.4, -0.2) is 39.6 Å². The molecule has 3 aromatic rings. The van der Waals surface area contributed by atoms with Crippen LogP contribution in [0.4, 0.5) is 5.69 Å². The smallest absolute Gasteiger partial charge is 0.160 e. The van der Waals surface area contributed by atoms with Gasteiger partial charge in [0.1, 0.15) is 16.9 Å². The summed E-state index contributed by atoms with van der Waals surface area (Å²) < 4.78 is 4.97. The number of rotatable bonds is 0. The van der Waals surface area contributed by atoms with Crippen LogP contribution >= 0.6 is 23.1 Å². The molecule has 0 atom stereocenters. The molecule has 0 amide bonds. The highest BCUT2D eigenvalue weighted by atomic mass is 32.2. The van der Waals surface area contributed by atoms with E-state index in [1.807, 2.05) is 0 Å². The third-order valence-electron chi connectivity index (χ3n) is 3.86. The van der Waals surface area contributed by atoms with Gasteiger partial charge in [-0.1, -0.05) is 0 Å². The minimum absolute atomic E-state index is 0.383. The summed E-state index contributed by atoms with van der Waals surface area (Å²) in [5.74, 6) is 0.745. The fourth-order valence-corrected chi connectivity index (χ4v) is 4.84. The second-order valence-corrected chi connectivity index (χ2v) is 6.70. The normalized spacial score (nSPS) is 17.5. The molecule has 0 unspecified atom stereocenters. The Morgan fingerprint density at radius 2 is 2.18 bits per heavy atom. The van der Waals surface area contributed by atoms with Crippen molar-refractivity contribution in [3.05, 3.63) is 16.8 Å². The molecule has 0 spiro atoms. The van der Waals surface area contributed by atoms with Gasteiger partial charge < -0.3 is 5.32 Å². The minimum Gasteiger partial charge on any atom is -0.373 e. The summed E-state index contributed by atoms with van der Waals surface area (Å²) in [6.07, 6.45) is 0. The van der Waals surface area contributed by atoms with Gasteiger partial charge in [0.2, 0.25) is 0 Å². The number of thiazole rings is 1. The lowest BCUT2D eigenvalue weighted by atomic mass is 9.88. The van der Waals surface area contributed by atoms with E-state index >= 15 is 0 Å². The minimum atomic E-state index is 0.383. The molecule has 5 rings (SSSR count). The monoisotopic (exact) mass is 328 g/mol. The first-order chi connectivity index (χ1) is 10.8. The number of hydrogen-bond acceptors (Lipinski definition) is 9. The second kappa shape index (κ2) is 4.14. The maximum Gasteiger partial charge on any atom is 0.160 e. The van der Waals surface area contributed by atoms with E-state index in [0.29, 0.717) is 22.5 Å². The van der Waals surface area contributed by atoms with Gasteiger partial charge in [-0.15, -0.1) is 23.1 Å². The Kier molecular flexibility index (Phi) is 2.32. The third-order valence-corrected chi connectivity index (χ3v) is 5.69. The van der Waals surface area contributed by atoms with Crippen molar-refractivity contribution in [2.75, 3.05) is 18.2 Å². The van der Waals surface area contributed by atoms with Crippen molar-refractivity contribution in [3.8, 4) is 10.4 Å². The zero-order valence-electron chi connectivity index (χ0n) is 11.3. The van der Waals surface area contributed by atoms with Crippen LogP contribution in [0.3, 0.4) is 0 Å². The Balaban J connectivity index is 2.03. The largest absolute Gasteiger partial charge is 0.373 e. The molecule has 0 bridgehead atoms. The van der Waals surface area contributed by atoms with Crippen molar-refractivity contribution in [1.82, 2.24) is 15.3 Å². The van der Waals surface area contributed by atoms with E-state index in [1.54, 1.807) is 24.3 Å². The van der Waals surface area contributed by atoms with E-state index in [4.69, 9.17) is 10.0 Å². The van der Waals surface area contributed by atoms with Crippen LogP contribution in [0.5, 0.6) is 0 Å². The fourth-order valence-electron chi connectivity index (χ4n) is 2.98. The maximum absolute atomic E-state index is 8.61. The van der Waals surface area contributed by atoms with Crippen molar-refractivity contribution in [2.24, 2.45) is 4.99 Å². The summed E-state index contributed by atoms with van der Waals surface area (Å²) in [4.78, 5) is 10.7. The molecule has 2 aliphatic rings. The molecule has 0 fully saturated rings. The molecular formula is C13H8N6OS2. The van der Waals surface area contributed by atoms with Crippen LogP contribution in [0.1, 0.15) is 11.3 Å². The Morgan fingerprint density at radius 3 is 3.05 bits per heavy atom. The lowest BCUT2D eigenvalue weighted by Crippen LogP contribution is -2.23. The summed E-state index contributed by atoms with van der Waals surface area (Å²) in [5.41, 5.74) is 7.54. The number of anilines is 1. The summed E-state index contributed by atoms with van der Waals surface area (Å²) in [6.45, 7) is 0. The van der Waals surface area contributed by atoms with Gasteiger partial charge in [-0.25, -0.2) is 9.61 Å². The number of thioether (sulfide) groups is 1. The van der Waals surface area contributed by atoms with Gasteiger partial charge in [0, 0.05) is 23.1 Å². The predicted octanol–water partition coefficient (Wildman–Crippen LogP) is 2.62. The van der Waals surface area contributed by atoms with E-state index in [9.17, 15) is 0 Å². The SMILES string of the molecule is CN=C1C(=N)c2c3c(c4nonc4c2-c2scnc21)NCS3. The van der Waals surface area contributed by atoms with Gasteiger partial charge in [0.15, 0.2) is 5.52 Å². The lowest BCUT2D eigenvalue weighted by Gasteiger charge is -2.20. The van der Waals surface area contributed by atoms with Crippen LogP contribution in [0.2, 0.25) is 0 Å². The van der Waals surface area contributed by atoms with Crippen molar-refractivity contribution < 1.29 is 4.63 Å². The standard InChI is InChI=1S/C13H8N6OS2/c1-15-8-6(14)4-5(13-10(8)16-2-22-13)7-9(19-20-18-7)11-12(4)21-3-17-11/h2,14,17H,3H2,1H3. The second-order valence-electron chi connectivity index (χ2n) is 4.86. The predicted molar refractivity (Wildman–Crippen MR) is 86.5 cm³/mol. The van der Waals surface area contributed by atoms with Gasteiger partial charge in [-0.2, -0.15) is 0 Å². The van der Waals surface area contributed by atoms with Gasteiger partial charge in [0.05, 0.1) is 27.7 Å². The van der Waals surface area contributed by atoms with Crippen molar-refractivity contribution in [2.45, 2.75) is 4.90 Å². The van der Waals surface area contributed by atoms with Gasteiger partial charge in [-0.3, -0.25) is 10.4 Å². The fraction of sp³-hybridized carbons (Fsp3) is 0.154. The average Bonchev–Trinajstić information content (AvgIpc) is 3.25. The van der Waals surface area contributed by atoms with E-state index in [2.05, 4.69) is 25.6 Å². The van der Waals surface area contributed by atoms with Crippen LogP contribution < -0.4 is 5.32 Å². The first kappa shape index (κ1) is 12.3. The Hall–Kier alpha value is -2.26. The number of nitrogens with one attached hydrogen (secondary N) is 2. The summed E-state index contributed by atoms with van der Waals surface area (Å²) in [5, 5.41) is 20.0. The average molecular weight is 328 g/mol. The highest BCUT2D eigenvalue weighted by Crippen LogP contribution is 2.50.